The van der Waals surface area contributed by atoms with Crippen LogP contribution in [0.25, 0.3) is 0 Å². The fourth-order valence-corrected chi connectivity index (χ4v) is 1.67. The molecular weight excluding hydrogens is 202 g/mol. The summed E-state index contributed by atoms with van der Waals surface area (Å²) < 4.78 is 2.05. The van der Waals surface area contributed by atoms with Crippen LogP contribution >= 0.6 is 0 Å². The summed E-state index contributed by atoms with van der Waals surface area (Å²) in [6, 6.07) is 0. The summed E-state index contributed by atoms with van der Waals surface area (Å²) >= 11 is 0. The molecule has 90 valence electrons. The molecule has 0 bridgehead atoms. The Kier molecular flexibility index (Phi) is 5.19. The van der Waals surface area contributed by atoms with Gasteiger partial charge in [-0.15, -0.1) is 0 Å². The van der Waals surface area contributed by atoms with E-state index in [4.69, 9.17) is 5.73 Å². The van der Waals surface area contributed by atoms with Crippen LogP contribution in [0.5, 0.6) is 0 Å². The first-order chi connectivity index (χ1) is 7.67. The van der Waals surface area contributed by atoms with Gasteiger partial charge >= 0.3 is 0 Å². The second-order valence-electron chi connectivity index (χ2n) is 4.30. The first-order valence-electron chi connectivity index (χ1n) is 5.89. The van der Waals surface area contributed by atoms with Crippen molar-refractivity contribution >= 4 is 5.78 Å². The number of imidazole rings is 1. The average Bonchev–Trinajstić information content (AvgIpc) is 2.66. The van der Waals surface area contributed by atoms with Crippen LogP contribution < -0.4 is 5.73 Å². The van der Waals surface area contributed by atoms with Crippen molar-refractivity contribution in [3.63, 3.8) is 0 Å². The van der Waals surface area contributed by atoms with Gasteiger partial charge in [-0.3, -0.25) is 4.79 Å². The van der Waals surface area contributed by atoms with Crippen LogP contribution in [0.15, 0.2) is 12.4 Å². The number of nitrogens with two attached hydrogens (primary N) is 1. The predicted octanol–water partition coefficient (Wildman–Crippen LogP) is 1.39. The third kappa shape index (κ3) is 3.77. The minimum Gasteiger partial charge on any atom is -0.335 e. The summed E-state index contributed by atoms with van der Waals surface area (Å²) in [4.78, 5) is 15.9. The fourth-order valence-electron chi connectivity index (χ4n) is 1.67. The van der Waals surface area contributed by atoms with Crippen LogP contribution in [0.4, 0.5) is 0 Å². The van der Waals surface area contributed by atoms with Crippen molar-refractivity contribution in [2.45, 2.75) is 39.7 Å². The lowest BCUT2D eigenvalue weighted by atomic mass is 10.0. The molecule has 0 aliphatic carbocycles. The van der Waals surface area contributed by atoms with Crippen molar-refractivity contribution in [1.29, 1.82) is 0 Å². The van der Waals surface area contributed by atoms with E-state index < -0.39 is 0 Å². The molecule has 0 aliphatic heterocycles. The Balaban J connectivity index is 2.52. The number of hydrogen-bond acceptors (Lipinski definition) is 3. The maximum atomic E-state index is 11.7. The molecule has 1 aromatic rings. The Morgan fingerprint density at radius 1 is 1.62 bits per heavy atom. The first-order valence-corrected chi connectivity index (χ1v) is 5.89. The van der Waals surface area contributed by atoms with Gasteiger partial charge in [-0.05, 0) is 18.9 Å². The maximum Gasteiger partial charge on any atom is 0.140 e. The Morgan fingerprint density at radius 3 is 3.00 bits per heavy atom. The van der Waals surface area contributed by atoms with Crippen LogP contribution in [0.2, 0.25) is 0 Å². The predicted molar refractivity (Wildman–Crippen MR) is 64.1 cm³/mol. The van der Waals surface area contributed by atoms with Crippen molar-refractivity contribution in [2.24, 2.45) is 11.7 Å². The highest BCUT2D eigenvalue weighted by Gasteiger charge is 2.11. The molecule has 2 N–H and O–H groups in total. The normalized spacial score (nSPS) is 12.7. The highest BCUT2D eigenvalue weighted by molar-refractivity contribution is 5.80. The summed E-state index contributed by atoms with van der Waals surface area (Å²) in [6.07, 6.45) is 5.71. The van der Waals surface area contributed by atoms with Crippen LogP contribution in [0.3, 0.4) is 0 Å². The molecule has 0 aromatic carbocycles. The van der Waals surface area contributed by atoms with Crippen molar-refractivity contribution < 1.29 is 4.79 Å². The van der Waals surface area contributed by atoms with Gasteiger partial charge in [-0.25, -0.2) is 4.98 Å². The second-order valence-corrected chi connectivity index (χ2v) is 4.30. The molecule has 0 spiro atoms. The smallest absolute Gasteiger partial charge is 0.140 e. The highest BCUT2D eigenvalue weighted by atomic mass is 16.1. The molecule has 0 amide bonds. The molecule has 1 atom stereocenters. The van der Waals surface area contributed by atoms with Gasteiger partial charge in [0.15, 0.2) is 0 Å². The lowest BCUT2D eigenvalue weighted by Crippen LogP contribution is -2.17. The van der Waals surface area contributed by atoms with Gasteiger partial charge in [0.2, 0.25) is 0 Å². The number of Topliss-reactive ketones (excluding diaryl/α,β-unsaturated/α-hetero) is 1. The number of carbonyl (C=O) groups excluding carboxylic acids is 1. The zero-order chi connectivity index (χ0) is 12.0. The third-order valence-electron chi connectivity index (χ3n) is 2.60. The summed E-state index contributed by atoms with van der Waals surface area (Å²) in [5, 5.41) is 0. The van der Waals surface area contributed by atoms with Gasteiger partial charge in [0, 0.05) is 25.4 Å². The third-order valence-corrected chi connectivity index (χ3v) is 2.60. The number of aryl methyl sites for hydroxylation is 1. The number of aromatic nitrogens is 2. The molecule has 1 rings (SSSR count). The number of rotatable bonds is 7. The van der Waals surface area contributed by atoms with Gasteiger partial charge in [-0.2, -0.15) is 0 Å². The lowest BCUT2D eigenvalue weighted by Gasteiger charge is -2.08. The molecule has 1 heterocycles. The van der Waals surface area contributed by atoms with E-state index in [-0.39, 0.29) is 11.7 Å². The largest absolute Gasteiger partial charge is 0.335 e. The monoisotopic (exact) mass is 223 g/mol. The Labute approximate surface area is 96.9 Å². The van der Waals surface area contributed by atoms with Gasteiger partial charge in [-0.1, -0.05) is 13.8 Å². The maximum absolute atomic E-state index is 11.7. The van der Waals surface area contributed by atoms with Crippen molar-refractivity contribution in [3.05, 3.63) is 18.2 Å². The zero-order valence-electron chi connectivity index (χ0n) is 10.1. The number of carbonyl (C=O) groups is 1. The van der Waals surface area contributed by atoms with Crippen molar-refractivity contribution in [1.82, 2.24) is 9.55 Å². The van der Waals surface area contributed by atoms with Crippen LogP contribution in [0.1, 0.15) is 32.5 Å². The average molecular weight is 223 g/mol. The summed E-state index contributed by atoms with van der Waals surface area (Å²) in [5.74, 6) is 1.36. The van der Waals surface area contributed by atoms with E-state index in [9.17, 15) is 4.79 Å². The SMILES string of the molecule is CCCn1ccnc1CC(=O)CC(C)CN. The zero-order valence-corrected chi connectivity index (χ0v) is 10.1. The van der Waals surface area contributed by atoms with E-state index in [1.165, 1.54) is 0 Å². The van der Waals surface area contributed by atoms with E-state index in [0.29, 0.717) is 19.4 Å². The standard InChI is InChI=1S/C12H21N3O/c1-3-5-15-6-4-14-12(15)8-11(16)7-10(2)9-13/h4,6,10H,3,5,7-9,13H2,1-2H3. The molecule has 16 heavy (non-hydrogen) atoms. The molecule has 0 fully saturated rings. The summed E-state index contributed by atoms with van der Waals surface area (Å²) in [7, 11) is 0. The molecule has 0 saturated heterocycles. The number of nitrogens with zero attached hydrogens (tertiary/aromatic N) is 2. The Hall–Kier alpha value is -1.16. The van der Waals surface area contributed by atoms with E-state index in [1.807, 2.05) is 17.7 Å². The summed E-state index contributed by atoms with van der Waals surface area (Å²) in [6.45, 7) is 5.60. The van der Waals surface area contributed by atoms with E-state index in [1.54, 1.807) is 6.20 Å². The van der Waals surface area contributed by atoms with E-state index in [0.717, 1.165) is 18.8 Å². The molecule has 1 aromatic heterocycles. The van der Waals surface area contributed by atoms with Gasteiger partial charge in [0.25, 0.3) is 0 Å². The van der Waals surface area contributed by atoms with Gasteiger partial charge in [0.1, 0.15) is 11.6 Å². The molecule has 0 radical (unpaired) electrons. The molecule has 0 aliphatic rings. The van der Waals surface area contributed by atoms with Gasteiger partial charge in [0.05, 0.1) is 6.42 Å². The molecule has 4 nitrogen and oxygen atoms in total. The fraction of sp³-hybridized carbons (Fsp3) is 0.667. The van der Waals surface area contributed by atoms with Crippen molar-refractivity contribution in [2.75, 3.05) is 6.54 Å². The first kappa shape index (κ1) is 12.9. The van der Waals surface area contributed by atoms with E-state index >= 15 is 0 Å². The van der Waals surface area contributed by atoms with Gasteiger partial charge < -0.3 is 10.3 Å². The van der Waals surface area contributed by atoms with E-state index in [2.05, 4.69) is 11.9 Å². The van der Waals surface area contributed by atoms with Crippen LogP contribution in [0, 0.1) is 5.92 Å². The Morgan fingerprint density at radius 2 is 2.38 bits per heavy atom. The number of hydrogen-bond donors (Lipinski definition) is 1. The summed E-state index contributed by atoms with van der Waals surface area (Å²) in [5.41, 5.74) is 5.50. The van der Waals surface area contributed by atoms with Crippen LogP contribution in [-0.2, 0) is 17.8 Å². The number of ketones is 1. The quantitative estimate of drug-likeness (QED) is 0.760. The van der Waals surface area contributed by atoms with Crippen LogP contribution in [-0.4, -0.2) is 21.9 Å². The Bertz CT molecular complexity index is 333. The van der Waals surface area contributed by atoms with Crippen molar-refractivity contribution in [3.8, 4) is 0 Å². The molecule has 0 saturated carbocycles. The topological polar surface area (TPSA) is 60.9 Å². The lowest BCUT2D eigenvalue weighted by molar-refractivity contribution is -0.119. The minimum atomic E-state index is 0.224. The minimum absolute atomic E-state index is 0.224. The molecular formula is C12H21N3O. The second kappa shape index (κ2) is 6.43. The molecule has 4 heteroatoms. The molecule has 1 unspecified atom stereocenters. The highest BCUT2D eigenvalue weighted by Crippen LogP contribution is 2.06.